The van der Waals surface area contributed by atoms with Crippen LogP contribution in [0.5, 0.6) is 0 Å². The summed E-state index contributed by atoms with van der Waals surface area (Å²) in [4.78, 5) is 0. The SMILES string of the molecule is CCCCCC(CC)(CCC)CC(C)C. The van der Waals surface area contributed by atoms with Crippen molar-refractivity contribution >= 4 is 0 Å². The van der Waals surface area contributed by atoms with E-state index in [0.717, 1.165) is 5.92 Å². The Bertz CT molecular complexity index is 137. The summed E-state index contributed by atoms with van der Waals surface area (Å²) in [6, 6.07) is 0. The molecule has 0 radical (unpaired) electrons. The van der Waals surface area contributed by atoms with Crippen LogP contribution in [-0.4, -0.2) is 0 Å². The van der Waals surface area contributed by atoms with Gasteiger partial charge in [-0.2, -0.15) is 0 Å². The van der Waals surface area contributed by atoms with Gasteiger partial charge in [0.2, 0.25) is 0 Å². The van der Waals surface area contributed by atoms with Gasteiger partial charge in [0.05, 0.1) is 0 Å². The molecule has 0 heterocycles. The van der Waals surface area contributed by atoms with Gasteiger partial charge in [-0.1, -0.05) is 66.7 Å². The van der Waals surface area contributed by atoms with E-state index in [0.29, 0.717) is 5.41 Å². The van der Waals surface area contributed by atoms with Crippen LogP contribution in [0.3, 0.4) is 0 Å². The summed E-state index contributed by atoms with van der Waals surface area (Å²) >= 11 is 0. The van der Waals surface area contributed by atoms with E-state index in [-0.39, 0.29) is 0 Å². The Hall–Kier alpha value is 0. The van der Waals surface area contributed by atoms with Gasteiger partial charge in [-0.25, -0.2) is 0 Å². The van der Waals surface area contributed by atoms with E-state index in [9.17, 15) is 0 Å². The zero-order valence-electron chi connectivity index (χ0n) is 11.7. The largest absolute Gasteiger partial charge is 0.0654 e. The Balaban J connectivity index is 4.22. The first-order valence-corrected chi connectivity index (χ1v) is 7.10. The predicted octanol–water partition coefficient (Wildman–Crippen LogP) is 5.81. The smallest absolute Gasteiger partial charge is 0.0298 e. The molecule has 0 rings (SSSR count). The number of hydrogen-bond acceptors (Lipinski definition) is 0. The summed E-state index contributed by atoms with van der Waals surface area (Å²) in [6.07, 6.45) is 11.3. The molecule has 1 atom stereocenters. The lowest BCUT2D eigenvalue weighted by Gasteiger charge is -2.34. The molecule has 0 aliphatic carbocycles. The Labute approximate surface area is 97.8 Å². The highest BCUT2D eigenvalue weighted by Gasteiger charge is 2.27. The molecular weight excluding hydrogens is 180 g/mol. The molecular formula is C15H32. The summed E-state index contributed by atoms with van der Waals surface area (Å²) in [7, 11) is 0. The topological polar surface area (TPSA) is 0 Å². The normalized spacial score (nSPS) is 15.6. The van der Waals surface area contributed by atoms with Crippen molar-refractivity contribution in [1.29, 1.82) is 0 Å². The van der Waals surface area contributed by atoms with Crippen LogP contribution in [0, 0.1) is 11.3 Å². The summed E-state index contributed by atoms with van der Waals surface area (Å²) < 4.78 is 0. The third-order valence-electron chi connectivity index (χ3n) is 3.68. The monoisotopic (exact) mass is 212 g/mol. The van der Waals surface area contributed by atoms with E-state index in [2.05, 4.69) is 34.6 Å². The predicted molar refractivity (Wildman–Crippen MR) is 71.2 cm³/mol. The van der Waals surface area contributed by atoms with Gasteiger partial charge < -0.3 is 0 Å². The maximum absolute atomic E-state index is 2.39. The molecule has 0 aromatic heterocycles. The number of rotatable bonds is 9. The molecule has 0 aliphatic rings. The number of hydrogen-bond donors (Lipinski definition) is 0. The van der Waals surface area contributed by atoms with Crippen molar-refractivity contribution in [3.8, 4) is 0 Å². The second-order valence-corrected chi connectivity index (χ2v) is 5.66. The van der Waals surface area contributed by atoms with Crippen LogP contribution in [0.15, 0.2) is 0 Å². The van der Waals surface area contributed by atoms with Crippen molar-refractivity contribution in [2.75, 3.05) is 0 Å². The second-order valence-electron chi connectivity index (χ2n) is 5.66. The lowest BCUT2D eigenvalue weighted by molar-refractivity contribution is 0.173. The van der Waals surface area contributed by atoms with E-state index in [1.54, 1.807) is 0 Å². The van der Waals surface area contributed by atoms with Crippen LogP contribution in [0.25, 0.3) is 0 Å². The van der Waals surface area contributed by atoms with Crippen molar-refractivity contribution in [3.63, 3.8) is 0 Å². The molecule has 0 saturated carbocycles. The molecule has 0 saturated heterocycles. The van der Waals surface area contributed by atoms with Gasteiger partial charge >= 0.3 is 0 Å². The molecule has 0 aromatic rings. The van der Waals surface area contributed by atoms with Crippen LogP contribution in [0.1, 0.15) is 86.0 Å². The minimum atomic E-state index is 0.665. The van der Waals surface area contributed by atoms with Gasteiger partial charge in [-0.3, -0.25) is 0 Å². The van der Waals surface area contributed by atoms with Crippen LogP contribution >= 0.6 is 0 Å². The molecule has 0 aromatic carbocycles. The molecule has 92 valence electrons. The van der Waals surface area contributed by atoms with E-state index in [4.69, 9.17) is 0 Å². The first kappa shape index (κ1) is 15.0. The highest BCUT2D eigenvalue weighted by atomic mass is 14.3. The quantitative estimate of drug-likeness (QED) is 0.423. The minimum Gasteiger partial charge on any atom is -0.0654 e. The van der Waals surface area contributed by atoms with Crippen LogP contribution in [0.2, 0.25) is 0 Å². The minimum absolute atomic E-state index is 0.665. The third-order valence-corrected chi connectivity index (χ3v) is 3.68. The first-order chi connectivity index (χ1) is 7.10. The molecule has 1 unspecified atom stereocenters. The summed E-state index contributed by atoms with van der Waals surface area (Å²) in [5.74, 6) is 0.859. The van der Waals surface area contributed by atoms with Gasteiger partial charge in [-0.05, 0) is 30.6 Å². The Morgan fingerprint density at radius 2 is 1.53 bits per heavy atom. The van der Waals surface area contributed by atoms with Crippen molar-refractivity contribution in [1.82, 2.24) is 0 Å². The maximum atomic E-state index is 2.39. The van der Waals surface area contributed by atoms with Gasteiger partial charge in [0.25, 0.3) is 0 Å². The lowest BCUT2D eigenvalue weighted by Crippen LogP contribution is -2.22. The van der Waals surface area contributed by atoms with Crippen LogP contribution in [-0.2, 0) is 0 Å². The molecule has 0 aliphatic heterocycles. The average molecular weight is 212 g/mol. The zero-order valence-corrected chi connectivity index (χ0v) is 11.7. The van der Waals surface area contributed by atoms with E-state index < -0.39 is 0 Å². The molecule has 0 bridgehead atoms. The third kappa shape index (κ3) is 6.22. The van der Waals surface area contributed by atoms with Crippen LogP contribution < -0.4 is 0 Å². The standard InChI is InChI=1S/C15H32/c1-6-9-10-12-15(8-3,11-7-2)13-14(4)5/h14H,6-13H2,1-5H3. The summed E-state index contributed by atoms with van der Waals surface area (Å²) in [5, 5.41) is 0. The van der Waals surface area contributed by atoms with Crippen LogP contribution in [0.4, 0.5) is 0 Å². The number of unbranched alkanes of at least 4 members (excludes halogenated alkanes) is 2. The van der Waals surface area contributed by atoms with Crippen molar-refractivity contribution in [3.05, 3.63) is 0 Å². The highest BCUT2D eigenvalue weighted by molar-refractivity contribution is 4.78. The second kappa shape index (κ2) is 8.19. The Morgan fingerprint density at radius 3 is 1.93 bits per heavy atom. The molecule has 0 heteroatoms. The fourth-order valence-corrected chi connectivity index (χ4v) is 2.97. The summed E-state index contributed by atoms with van der Waals surface area (Å²) in [5.41, 5.74) is 0.665. The Morgan fingerprint density at radius 1 is 0.867 bits per heavy atom. The lowest BCUT2D eigenvalue weighted by atomic mass is 9.71. The molecule has 0 spiro atoms. The van der Waals surface area contributed by atoms with E-state index in [1.165, 1.54) is 51.4 Å². The molecule has 0 fully saturated rings. The van der Waals surface area contributed by atoms with Gasteiger partial charge in [0.1, 0.15) is 0 Å². The molecule has 0 amide bonds. The summed E-state index contributed by atoms with van der Waals surface area (Å²) in [6.45, 7) is 11.8. The van der Waals surface area contributed by atoms with Crippen molar-refractivity contribution in [2.24, 2.45) is 11.3 Å². The van der Waals surface area contributed by atoms with Crippen molar-refractivity contribution in [2.45, 2.75) is 86.0 Å². The van der Waals surface area contributed by atoms with E-state index >= 15 is 0 Å². The average Bonchev–Trinajstić information content (AvgIpc) is 2.17. The molecule has 15 heavy (non-hydrogen) atoms. The fourth-order valence-electron chi connectivity index (χ4n) is 2.97. The van der Waals surface area contributed by atoms with E-state index in [1.807, 2.05) is 0 Å². The first-order valence-electron chi connectivity index (χ1n) is 7.10. The zero-order chi connectivity index (χ0) is 11.7. The Kier molecular flexibility index (Phi) is 8.19. The highest BCUT2D eigenvalue weighted by Crippen LogP contribution is 2.40. The van der Waals surface area contributed by atoms with Gasteiger partial charge in [0.15, 0.2) is 0 Å². The molecule has 0 nitrogen and oxygen atoms in total. The van der Waals surface area contributed by atoms with Gasteiger partial charge in [0, 0.05) is 0 Å². The fraction of sp³-hybridized carbons (Fsp3) is 1.00. The molecule has 0 N–H and O–H groups in total. The van der Waals surface area contributed by atoms with Crippen molar-refractivity contribution < 1.29 is 0 Å². The maximum Gasteiger partial charge on any atom is -0.0298 e. The van der Waals surface area contributed by atoms with Gasteiger partial charge in [-0.15, -0.1) is 0 Å².